The van der Waals surface area contributed by atoms with Crippen molar-refractivity contribution in [2.75, 3.05) is 13.2 Å². The Bertz CT molecular complexity index is 826. The Morgan fingerprint density at radius 2 is 2.21 bits per heavy atom. The van der Waals surface area contributed by atoms with E-state index in [0.29, 0.717) is 31.2 Å². The Balaban J connectivity index is 1.27. The first-order chi connectivity index (χ1) is 14.2. The lowest BCUT2D eigenvalue weighted by atomic mass is 9.90. The summed E-state index contributed by atoms with van der Waals surface area (Å²) in [5.74, 6) is 0.593. The van der Waals surface area contributed by atoms with Crippen molar-refractivity contribution in [3.8, 4) is 0 Å². The van der Waals surface area contributed by atoms with E-state index >= 15 is 0 Å². The molecule has 7 heteroatoms. The topological polar surface area (TPSA) is 87.3 Å². The highest BCUT2D eigenvalue weighted by molar-refractivity contribution is 5.95. The van der Waals surface area contributed by atoms with Crippen LogP contribution in [0, 0.1) is 5.92 Å². The van der Waals surface area contributed by atoms with Crippen LogP contribution in [0.25, 0.3) is 0 Å². The van der Waals surface area contributed by atoms with E-state index < -0.39 is 0 Å². The van der Waals surface area contributed by atoms with Crippen LogP contribution in [0.3, 0.4) is 0 Å². The van der Waals surface area contributed by atoms with Gasteiger partial charge in [-0.05, 0) is 50.9 Å². The van der Waals surface area contributed by atoms with Gasteiger partial charge in [0.15, 0.2) is 5.69 Å². The molecule has 1 aromatic heterocycles. The highest BCUT2D eigenvalue weighted by Gasteiger charge is 2.55. The van der Waals surface area contributed by atoms with Crippen molar-refractivity contribution in [2.45, 2.75) is 76.0 Å². The summed E-state index contributed by atoms with van der Waals surface area (Å²) in [7, 11) is 0. The molecule has 7 nitrogen and oxygen atoms in total. The number of nitrogens with zero attached hydrogens (tertiary/aromatic N) is 2. The van der Waals surface area contributed by atoms with Crippen LogP contribution in [-0.4, -0.2) is 51.6 Å². The molecule has 0 spiro atoms. The molecule has 4 aliphatic rings. The second kappa shape index (κ2) is 7.59. The molecule has 1 aromatic rings. The molecule has 0 radical (unpaired) electrons. The lowest BCUT2D eigenvalue weighted by molar-refractivity contribution is -0.133. The van der Waals surface area contributed by atoms with E-state index in [2.05, 4.69) is 32.6 Å². The van der Waals surface area contributed by atoms with E-state index in [0.717, 1.165) is 69.2 Å². The van der Waals surface area contributed by atoms with Crippen molar-refractivity contribution in [2.24, 2.45) is 5.92 Å². The van der Waals surface area contributed by atoms with Gasteiger partial charge in [-0.15, -0.1) is 0 Å². The number of H-pyrrole nitrogens is 1. The van der Waals surface area contributed by atoms with Gasteiger partial charge >= 0.3 is 0 Å². The van der Waals surface area contributed by atoms with Gasteiger partial charge in [-0.1, -0.05) is 12.2 Å². The molecule has 3 heterocycles. The quantitative estimate of drug-likeness (QED) is 0.746. The number of aromatic nitrogens is 2. The van der Waals surface area contributed by atoms with Crippen LogP contribution >= 0.6 is 0 Å². The summed E-state index contributed by atoms with van der Waals surface area (Å²) in [4.78, 5) is 28.1. The minimum atomic E-state index is -0.281. The first-order valence-corrected chi connectivity index (χ1v) is 11.1. The zero-order valence-corrected chi connectivity index (χ0v) is 16.9. The van der Waals surface area contributed by atoms with Crippen molar-refractivity contribution < 1.29 is 14.3 Å². The minimum Gasteiger partial charge on any atom is -0.376 e. The van der Waals surface area contributed by atoms with Gasteiger partial charge in [-0.25, -0.2) is 0 Å². The SMILES string of the molecule is O=C(NC1(C2CCCN2C(=O)C[C@@H]2CC=CCC2)CC1)c1n[nH]c2c1COCC2. The Hall–Kier alpha value is -2.15. The van der Waals surface area contributed by atoms with E-state index in [-0.39, 0.29) is 23.4 Å². The first-order valence-electron chi connectivity index (χ1n) is 11.1. The predicted octanol–water partition coefficient (Wildman–Crippen LogP) is 2.48. The number of allylic oxidation sites excluding steroid dienone is 2. The van der Waals surface area contributed by atoms with Crippen LogP contribution in [0.2, 0.25) is 0 Å². The Kier molecular flexibility index (Phi) is 4.94. The molecule has 2 aliphatic heterocycles. The summed E-state index contributed by atoms with van der Waals surface area (Å²) in [5, 5.41) is 10.5. The maximum Gasteiger partial charge on any atom is 0.272 e. The standard InChI is InChI=1S/C22H30N4O3/c27-19(13-15-5-2-1-3-6-15)26-11-4-7-18(26)22(9-10-22)23-21(28)20-16-14-29-12-8-17(16)24-25-20/h1-2,15,18H,3-14H2,(H,23,28)(H,24,25)/t15-,18?/m1/s1. The van der Waals surface area contributed by atoms with Gasteiger partial charge in [0.1, 0.15) is 0 Å². The molecule has 1 saturated carbocycles. The zero-order valence-electron chi connectivity index (χ0n) is 16.9. The summed E-state index contributed by atoms with van der Waals surface area (Å²) in [5.41, 5.74) is 2.06. The molecule has 0 aromatic carbocycles. The molecule has 156 valence electrons. The monoisotopic (exact) mass is 398 g/mol. The van der Waals surface area contributed by atoms with Gasteiger partial charge in [0, 0.05) is 30.6 Å². The highest BCUT2D eigenvalue weighted by Crippen LogP contribution is 2.45. The molecular formula is C22H30N4O3. The molecule has 2 fully saturated rings. The Labute approximate surface area is 171 Å². The van der Waals surface area contributed by atoms with Crippen molar-refractivity contribution in [1.29, 1.82) is 0 Å². The smallest absolute Gasteiger partial charge is 0.272 e. The third kappa shape index (κ3) is 3.61. The number of hydrogen-bond acceptors (Lipinski definition) is 4. The number of fused-ring (bicyclic) bond motifs is 1. The number of hydrogen-bond donors (Lipinski definition) is 2. The normalized spacial score (nSPS) is 27.5. The number of carbonyl (C=O) groups excluding carboxylic acids is 2. The Morgan fingerprint density at radius 3 is 3.00 bits per heavy atom. The summed E-state index contributed by atoms with van der Waals surface area (Å²) >= 11 is 0. The van der Waals surface area contributed by atoms with E-state index in [1.54, 1.807) is 0 Å². The summed E-state index contributed by atoms with van der Waals surface area (Å²) in [6, 6.07) is 0.115. The number of amides is 2. The summed E-state index contributed by atoms with van der Waals surface area (Å²) in [6.45, 7) is 1.91. The molecule has 1 unspecified atom stereocenters. The maximum absolute atomic E-state index is 13.1. The van der Waals surface area contributed by atoms with Crippen LogP contribution in [0.15, 0.2) is 12.2 Å². The fourth-order valence-corrected chi connectivity index (χ4v) is 5.31. The number of rotatable bonds is 5. The van der Waals surface area contributed by atoms with Gasteiger partial charge in [-0.2, -0.15) is 5.10 Å². The summed E-state index contributed by atoms with van der Waals surface area (Å²) in [6.07, 6.45) is 12.9. The zero-order chi connectivity index (χ0) is 19.8. The highest BCUT2D eigenvalue weighted by atomic mass is 16.5. The fourth-order valence-electron chi connectivity index (χ4n) is 5.31. The van der Waals surface area contributed by atoms with Gasteiger partial charge in [0.2, 0.25) is 5.91 Å². The second-order valence-corrected chi connectivity index (χ2v) is 9.04. The van der Waals surface area contributed by atoms with Crippen LogP contribution in [0.5, 0.6) is 0 Å². The fraction of sp³-hybridized carbons (Fsp3) is 0.682. The molecule has 2 amide bonds. The van der Waals surface area contributed by atoms with Crippen molar-refractivity contribution in [3.05, 3.63) is 29.1 Å². The van der Waals surface area contributed by atoms with Crippen molar-refractivity contribution in [3.63, 3.8) is 0 Å². The third-order valence-electron chi connectivity index (χ3n) is 7.11. The largest absolute Gasteiger partial charge is 0.376 e. The molecule has 1 saturated heterocycles. The number of aromatic amines is 1. The van der Waals surface area contributed by atoms with E-state index in [1.807, 2.05) is 0 Å². The summed E-state index contributed by atoms with van der Waals surface area (Å²) < 4.78 is 5.51. The molecule has 29 heavy (non-hydrogen) atoms. The van der Waals surface area contributed by atoms with Crippen LogP contribution in [-0.2, 0) is 22.6 Å². The van der Waals surface area contributed by atoms with Crippen molar-refractivity contribution in [1.82, 2.24) is 20.4 Å². The average molecular weight is 399 g/mol. The van der Waals surface area contributed by atoms with Gasteiger partial charge in [-0.3, -0.25) is 14.7 Å². The average Bonchev–Trinajstić information content (AvgIpc) is 3.18. The van der Waals surface area contributed by atoms with Crippen LogP contribution < -0.4 is 5.32 Å². The third-order valence-corrected chi connectivity index (χ3v) is 7.11. The van der Waals surface area contributed by atoms with Crippen LogP contribution in [0.1, 0.15) is 73.1 Å². The molecular weight excluding hydrogens is 368 g/mol. The number of carbonyl (C=O) groups is 2. The van der Waals surface area contributed by atoms with Crippen LogP contribution in [0.4, 0.5) is 0 Å². The predicted molar refractivity (Wildman–Crippen MR) is 107 cm³/mol. The first kappa shape index (κ1) is 18.9. The second-order valence-electron chi connectivity index (χ2n) is 9.04. The number of ether oxygens (including phenoxy) is 1. The molecule has 0 bridgehead atoms. The lowest BCUT2D eigenvalue weighted by Gasteiger charge is -2.33. The van der Waals surface area contributed by atoms with E-state index in [4.69, 9.17) is 4.74 Å². The Morgan fingerprint density at radius 1 is 1.31 bits per heavy atom. The van der Waals surface area contributed by atoms with E-state index in [1.165, 1.54) is 0 Å². The maximum atomic E-state index is 13.1. The van der Waals surface area contributed by atoms with Gasteiger partial charge in [0.05, 0.1) is 24.8 Å². The number of nitrogens with one attached hydrogen (secondary N) is 2. The minimum absolute atomic E-state index is 0.115. The lowest BCUT2D eigenvalue weighted by Crippen LogP contribution is -2.53. The van der Waals surface area contributed by atoms with Crippen molar-refractivity contribution >= 4 is 11.8 Å². The van der Waals surface area contributed by atoms with Gasteiger partial charge < -0.3 is 15.0 Å². The molecule has 2 aliphatic carbocycles. The molecule has 5 rings (SSSR count). The number of likely N-dealkylation sites (tertiary alicyclic amines) is 1. The molecule has 2 N–H and O–H groups in total. The van der Waals surface area contributed by atoms with E-state index in [9.17, 15) is 9.59 Å². The van der Waals surface area contributed by atoms with Gasteiger partial charge in [0.25, 0.3) is 5.91 Å². The molecule has 2 atom stereocenters.